The molecular weight excluding hydrogens is 461 g/mol. The Morgan fingerprint density at radius 3 is 2.65 bits per heavy atom. The Labute approximate surface area is 202 Å². The van der Waals surface area contributed by atoms with Crippen molar-refractivity contribution >= 4 is 29.2 Å². The first kappa shape index (κ1) is 22.7. The van der Waals surface area contributed by atoms with Gasteiger partial charge in [-0.3, -0.25) is 0 Å². The molecule has 3 aliphatic rings. The van der Waals surface area contributed by atoms with E-state index in [-0.39, 0.29) is 46.6 Å². The number of piperidine rings is 1. The Bertz CT molecular complexity index is 1140. The van der Waals surface area contributed by atoms with Gasteiger partial charge in [0, 0.05) is 24.9 Å². The number of halogens is 2. The first-order valence-electron chi connectivity index (χ1n) is 11.5. The number of nitriles is 1. The summed E-state index contributed by atoms with van der Waals surface area (Å²) in [7, 11) is 0. The standard InChI is InChI=1S/C24H25ClFN5O3/c1-24(7-2-8-24)34-23(32)31-15-4-5-16(31)11-17(10-15)33-22-20(26)21(28-13-29-22)30-19-6-3-14(12-27)9-18(19)25/h3,6,9,13,15-17H,2,4-5,7-8,10-11H2,1H3,(H,28,29,30)/t15-,16-/m0/s1. The summed E-state index contributed by atoms with van der Waals surface area (Å²) in [6, 6.07) is 6.67. The Morgan fingerprint density at radius 1 is 1.29 bits per heavy atom. The Kier molecular flexibility index (Phi) is 5.94. The number of benzene rings is 1. The van der Waals surface area contributed by atoms with Crippen molar-refractivity contribution in [1.82, 2.24) is 14.9 Å². The van der Waals surface area contributed by atoms with Crippen LogP contribution in [0.4, 0.5) is 20.7 Å². The van der Waals surface area contributed by atoms with Crippen LogP contribution in [-0.2, 0) is 4.74 Å². The molecule has 1 amide bonds. The maximum atomic E-state index is 15.1. The number of nitrogens with zero attached hydrogens (tertiary/aromatic N) is 4. The SMILES string of the molecule is CC1(OC(=O)N2[C@H]3CC[C@H]2CC(Oc2ncnc(Nc4ccc(C#N)cc4Cl)c2F)C3)CCC1. The van der Waals surface area contributed by atoms with Crippen LogP contribution in [0.25, 0.3) is 0 Å². The van der Waals surface area contributed by atoms with Gasteiger partial charge in [-0.1, -0.05) is 11.6 Å². The molecule has 5 rings (SSSR count). The van der Waals surface area contributed by atoms with E-state index in [9.17, 15) is 4.79 Å². The molecule has 3 heterocycles. The summed E-state index contributed by atoms with van der Waals surface area (Å²) in [5.74, 6) is -0.950. The van der Waals surface area contributed by atoms with Crippen LogP contribution in [0.1, 0.15) is 57.4 Å². The molecule has 0 radical (unpaired) electrons. The van der Waals surface area contributed by atoms with Crippen molar-refractivity contribution in [3.8, 4) is 11.9 Å². The summed E-state index contributed by atoms with van der Waals surface area (Å²) in [4.78, 5) is 22.6. The average molecular weight is 486 g/mol. The molecule has 2 bridgehead atoms. The van der Waals surface area contributed by atoms with E-state index in [1.807, 2.05) is 17.9 Å². The Hall–Kier alpha value is -3.12. The van der Waals surface area contributed by atoms with Crippen molar-refractivity contribution in [2.24, 2.45) is 0 Å². The molecule has 2 saturated heterocycles. The maximum absolute atomic E-state index is 15.1. The second-order valence-corrected chi connectivity index (χ2v) is 9.86. The molecule has 3 fully saturated rings. The molecule has 1 N–H and O–H groups in total. The third kappa shape index (κ3) is 4.34. The third-order valence-corrected chi connectivity index (χ3v) is 7.35. The second-order valence-electron chi connectivity index (χ2n) is 9.45. The third-order valence-electron chi connectivity index (χ3n) is 7.03. The molecule has 0 spiro atoms. The fourth-order valence-corrected chi connectivity index (χ4v) is 5.28. The van der Waals surface area contributed by atoms with E-state index < -0.39 is 5.82 Å². The number of amides is 1. The molecule has 10 heteroatoms. The number of fused-ring (bicyclic) bond motifs is 2. The van der Waals surface area contributed by atoms with E-state index in [0.29, 0.717) is 24.1 Å². The van der Waals surface area contributed by atoms with E-state index in [1.54, 1.807) is 12.1 Å². The van der Waals surface area contributed by atoms with Crippen molar-refractivity contribution in [2.75, 3.05) is 5.32 Å². The van der Waals surface area contributed by atoms with Crippen LogP contribution >= 0.6 is 11.6 Å². The zero-order chi connectivity index (χ0) is 23.9. The molecule has 8 nitrogen and oxygen atoms in total. The van der Waals surface area contributed by atoms with Crippen LogP contribution in [0.5, 0.6) is 5.88 Å². The lowest BCUT2D eigenvalue weighted by Gasteiger charge is -2.43. The average Bonchev–Trinajstić information content (AvgIpc) is 3.07. The molecule has 2 aliphatic heterocycles. The Balaban J connectivity index is 1.25. The lowest BCUT2D eigenvalue weighted by Crippen LogP contribution is -2.52. The minimum atomic E-state index is -0.727. The first-order valence-corrected chi connectivity index (χ1v) is 11.9. The topological polar surface area (TPSA) is 100 Å². The predicted molar refractivity (Wildman–Crippen MR) is 122 cm³/mol. The van der Waals surface area contributed by atoms with Crippen LogP contribution in [-0.4, -0.2) is 44.7 Å². The molecule has 178 valence electrons. The van der Waals surface area contributed by atoms with Crippen molar-refractivity contribution in [1.29, 1.82) is 5.26 Å². The van der Waals surface area contributed by atoms with Crippen LogP contribution in [0, 0.1) is 17.1 Å². The number of hydrogen-bond acceptors (Lipinski definition) is 7. The minimum absolute atomic E-state index is 0.0138. The quantitative estimate of drug-likeness (QED) is 0.610. The molecule has 1 saturated carbocycles. The van der Waals surface area contributed by atoms with Gasteiger partial charge in [0.2, 0.25) is 5.82 Å². The molecule has 1 aliphatic carbocycles. The number of aromatic nitrogens is 2. The van der Waals surface area contributed by atoms with Gasteiger partial charge in [0.05, 0.1) is 22.3 Å². The number of ether oxygens (including phenoxy) is 2. The van der Waals surface area contributed by atoms with Gasteiger partial charge in [-0.05, 0) is 57.2 Å². The zero-order valence-corrected chi connectivity index (χ0v) is 19.5. The van der Waals surface area contributed by atoms with Crippen molar-refractivity contribution in [3.63, 3.8) is 0 Å². The highest BCUT2D eigenvalue weighted by molar-refractivity contribution is 6.33. The van der Waals surface area contributed by atoms with Gasteiger partial charge in [-0.2, -0.15) is 14.6 Å². The van der Waals surface area contributed by atoms with E-state index in [0.717, 1.165) is 32.1 Å². The summed E-state index contributed by atoms with van der Waals surface area (Å²) < 4.78 is 26.9. The predicted octanol–water partition coefficient (Wildman–Crippen LogP) is 5.34. The van der Waals surface area contributed by atoms with Crippen LogP contribution < -0.4 is 10.1 Å². The zero-order valence-electron chi connectivity index (χ0n) is 18.8. The summed E-state index contributed by atoms with van der Waals surface area (Å²) in [5.41, 5.74) is 0.471. The van der Waals surface area contributed by atoms with Crippen molar-refractivity contribution in [3.05, 3.63) is 40.9 Å². The van der Waals surface area contributed by atoms with Gasteiger partial charge in [0.1, 0.15) is 18.0 Å². The Morgan fingerprint density at radius 2 is 2.03 bits per heavy atom. The van der Waals surface area contributed by atoms with Gasteiger partial charge in [0.25, 0.3) is 5.88 Å². The van der Waals surface area contributed by atoms with Crippen LogP contribution in [0.3, 0.4) is 0 Å². The largest absolute Gasteiger partial charge is 0.472 e. The number of anilines is 2. The monoisotopic (exact) mass is 485 g/mol. The molecule has 2 atom stereocenters. The lowest BCUT2D eigenvalue weighted by molar-refractivity contribution is -0.0611. The van der Waals surface area contributed by atoms with Gasteiger partial charge in [0.15, 0.2) is 5.82 Å². The van der Waals surface area contributed by atoms with Gasteiger partial charge in [-0.25, -0.2) is 9.78 Å². The number of nitrogens with one attached hydrogen (secondary N) is 1. The van der Waals surface area contributed by atoms with Gasteiger partial charge >= 0.3 is 6.09 Å². The fraction of sp³-hybridized carbons (Fsp3) is 0.500. The molecule has 2 aromatic rings. The van der Waals surface area contributed by atoms with Crippen LogP contribution in [0.2, 0.25) is 5.02 Å². The lowest BCUT2D eigenvalue weighted by atomic mass is 9.82. The summed E-state index contributed by atoms with van der Waals surface area (Å²) >= 11 is 6.18. The number of hydrogen-bond donors (Lipinski definition) is 1. The minimum Gasteiger partial charge on any atom is -0.472 e. The van der Waals surface area contributed by atoms with Crippen molar-refractivity contribution < 1.29 is 18.7 Å². The second kappa shape index (κ2) is 8.91. The molecule has 1 aromatic heterocycles. The summed E-state index contributed by atoms with van der Waals surface area (Å²) in [6.45, 7) is 1.99. The molecular formula is C24H25ClFN5O3. The fourth-order valence-electron chi connectivity index (χ4n) is 5.06. The molecule has 34 heavy (non-hydrogen) atoms. The van der Waals surface area contributed by atoms with Crippen LogP contribution in [0.15, 0.2) is 24.5 Å². The number of carbonyl (C=O) groups is 1. The van der Waals surface area contributed by atoms with E-state index >= 15 is 4.39 Å². The molecule has 0 unspecified atom stereocenters. The van der Waals surface area contributed by atoms with E-state index in [1.165, 1.54) is 12.4 Å². The van der Waals surface area contributed by atoms with E-state index in [4.69, 9.17) is 26.3 Å². The van der Waals surface area contributed by atoms with Crippen molar-refractivity contribution in [2.45, 2.75) is 75.7 Å². The highest BCUT2D eigenvalue weighted by Gasteiger charge is 2.47. The smallest absolute Gasteiger partial charge is 0.410 e. The summed E-state index contributed by atoms with van der Waals surface area (Å²) in [6.07, 6.45) is 6.56. The first-order chi connectivity index (χ1) is 16.3. The van der Waals surface area contributed by atoms with Gasteiger partial charge in [-0.15, -0.1) is 0 Å². The highest BCUT2D eigenvalue weighted by Crippen LogP contribution is 2.41. The van der Waals surface area contributed by atoms with E-state index in [2.05, 4.69) is 15.3 Å². The highest BCUT2D eigenvalue weighted by atomic mass is 35.5. The summed E-state index contributed by atoms with van der Waals surface area (Å²) in [5, 5.41) is 12.1. The normalized spacial score (nSPS) is 24.6. The maximum Gasteiger partial charge on any atom is 0.410 e. The number of carbonyl (C=O) groups excluding carboxylic acids is 1. The number of rotatable bonds is 5. The van der Waals surface area contributed by atoms with Gasteiger partial charge < -0.3 is 19.7 Å². The molecule has 1 aromatic carbocycles.